The minimum absolute atomic E-state index is 0.549. The molecule has 0 amide bonds. The molecule has 2 aromatic rings. The fraction of sp³-hybridized carbons (Fsp3) is 0.188. The Morgan fingerprint density at radius 1 is 1.16 bits per heavy atom. The molecule has 1 heterocycles. The number of halogens is 2. The molecule has 0 radical (unpaired) electrons. The average molecular weight is 387 g/mol. The Bertz CT molecular complexity index is 722. The number of benzene rings is 1. The van der Waals surface area contributed by atoms with Crippen LogP contribution >= 0.6 is 23.2 Å². The molecule has 0 aliphatic rings. The fourth-order valence-corrected chi connectivity index (χ4v) is 2.16. The van der Waals surface area contributed by atoms with E-state index in [4.69, 9.17) is 38.2 Å². The van der Waals surface area contributed by atoms with Gasteiger partial charge in [0.1, 0.15) is 18.2 Å². The molecule has 0 fully saturated rings. The number of carboxylic acids is 2. The number of rotatable bonds is 6. The van der Waals surface area contributed by atoms with E-state index in [2.05, 4.69) is 4.98 Å². The summed E-state index contributed by atoms with van der Waals surface area (Å²) in [6.45, 7) is 3.25. The molecule has 0 spiro atoms. The second-order valence-electron chi connectivity index (χ2n) is 4.63. The first-order chi connectivity index (χ1) is 11.8. The molecule has 9 heteroatoms. The Kier molecular flexibility index (Phi) is 8.52. The molecule has 25 heavy (non-hydrogen) atoms. The highest BCUT2D eigenvalue weighted by Crippen LogP contribution is 2.24. The number of imidazole rings is 1. The van der Waals surface area contributed by atoms with Gasteiger partial charge in [0.25, 0.3) is 0 Å². The van der Waals surface area contributed by atoms with Crippen LogP contribution in [0.1, 0.15) is 5.82 Å². The van der Waals surface area contributed by atoms with Gasteiger partial charge in [0.2, 0.25) is 0 Å². The molecule has 7 nitrogen and oxygen atoms in total. The maximum absolute atomic E-state index is 9.55. The van der Waals surface area contributed by atoms with Gasteiger partial charge in [-0.3, -0.25) is 0 Å². The van der Waals surface area contributed by atoms with Crippen LogP contribution in [0.2, 0.25) is 10.0 Å². The molecule has 0 unspecified atom stereocenters. The quantitative estimate of drug-likeness (QED) is 0.738. The Balaban J connectivity index is 0.000000333. The van der Waals surface area contributed by atoms with Crippen molar-refractivity contribution in [1.29, 1.82) is 0 Å². The van der Waals surface area contributed by atoms with E-state index < -0.39 is 11.9 Å². The van der Waals surface area contributed by atoms with Crippen LogP contribution in [0.4, 0.5) is 0 Å². The predicted molar refractivity (Wildman–Crippen MR) is 93.3 cm³/mol. The third kappa shape index (κ3) is 8.78. The van der Waals surface area contributed by atoms with Crippen LogP contribution in [0.5, 0.6) is 5.75 Å². The third-order valence-corrected chi connectivity index (χ3v) is 3.17. The van der Waals surface area contributed by atoms with E-state index in [9.17, 15) is 9.59 Å². The maximum Gasteiger partial charge on any atom is 0.328 e. The summed E-state index contributed by atoms with van der Waals surface area (Å²) < 4.78 is 7.60. The highest BCUT2D eigenvalue weighted by Gasteiger charge is 2.00. The zero-order valence-electron chi connectivity index (χ0n) is 13.2. The molecular formula is C16H16Cl2N2O5. The van der Waals surface area contributed by atoms with Gasteiger partial charge in [0.05, 0.1) is 6.54 Å². The summed E-state index contributed by atoms with van der Waals surface area (Å²) in [5, 5.41) is 16.8. The molecule has 0 aliphatic carbocycles. The molecule has 0 aliphatic heterocycles. The topological polar surface area (TPSA) is 102 Å². The van der Waals surface area contributed by atoms with Crippen molar-refractivity contribution in [1.82, 2.24) is 9.55 Å². The first-order valence-corrected chi connectivity index (χ1v) is 7.74. The van der Waals surface area contributed by atoms with Crippen molar-refractivity contribution in [2.24, 2.45) is 0 Å². The molecule has 1 aromatic heterocycles. The smallest absolute Gasteiger partial charge is 0.328 e. The number of carbonyl (C=O) groups is 2. The Labute approximate surface area is 154 Å². The zero-order chi connectivity index (χ0) is 18.8. The number of nitrogens with zero attached hydrogens (tertiary/aromatic N) is 2. The summed E-state index contributed by atoms with van der Waals surface area (Å²) in [5.74, 6) is -0.863. The van der Waals surface area contributed by atoms with Gasteiger partial charge in [-0.1, -0.05) is 23.2 Å². The summed E-state index contributed by atoms with van der Waals surface area (Å²) >= 11 is 11.7. The van der Waals surface area contributed by atoms with E-state index in [0.29, 0.717) is 34.6 Å². The van der Waals surface area contributed by atoms with Crippen molar-refractivity contribution in [3.63, 3.8) is 0 Å². The number of aryl methyl sites for hydroxylation is 1. The molecule has 1 aromatic carbocycles. The van der Waals surface area contributed by atoms with E-state index in [1.165, 1.54) is 0 Å². The second kappa shape index (κ2) is 10.4. The normalized spacial score (nSPS) is 10.2. The van der Waals surface area contributed by atoms with Gasteiger partial charge in [-0.25, -0.2) is 14.6 Å². The maximum atomic E-state index is 9.55. The number of hydrogen-bond donors (Lipinski definition) is 2. The van der Waals surface area contributed by atoms with Crippen molar-refractivity contribution in [3.05, 3.63) is 58.6 Å². The highest BCUT2D eigenvalue weighted by molar-refractivity contribution is 6.34. The van der Waals surface area contributed by atoms with E-state index in [1.54, 1.807) is 24.4 Å². The minimum Gasteiger partial charge on any atom is -0.492 e. The fourth-order valence-electron chi connectivity index (χ4n) is 1.66. The van der Waals surface area contributed by atoms with Crippen LogP contribution in [0.25, 0.3) is 0 Å². The lowest BCUT2D eigenvalue weighted by atomic mass is 10.3. The third-order valence-electron chi connectivity index (χ3n) is 2.73. The van der Waals surface area contributed by atoms with E-state index in [0.717, 1.165) is 12.4 Å². The Hall–Kier alpha value is -2.51. The van der Waals surface area contributed by atoms with Gasteiger partial charge < -0.3 is 19.5 Å². The minimum atomic E-state index is -1.26. The average Bonchev–Trinajstić information content (AvgIpc) is 2.90. The SMILES string of the molecule is Cc1nccn1CCOc1cc(Cl)cc(Cl)c1.O=C(O)/C=C\C(=O)O. The van der Waals surface area contributed by atoms with Crippen molar-refractivity contribution in [3.8, 4) is 5.75 Å². The summed E-state index contributed by atoms with van der Waals surface area (Å²) in [6.07, 6.45) is 4.81. The Morgan fingerprint density at radius 2 is 1.72 bits per heavy atom. The largest absolute Gasteiger partial charge is 0.492 e. The number of ether oxygens (including phenoxy) is 1. The van der Waals surface area contributed by atoms with Crippen LogP contribution in [0.3, 0.4) is 0 Å². The van der Waals surface area contributed by atoms with E-state index in [1.807, 2.05) is 17.7 Å². The van der Waals surface area contributed by atoms with Crippen LogP contribution in [-0.2, 0) is 16.1 Å². The summed E-state index contributed by atoms with van der Waals surface area (Å²) in [6, 6.07) is 5.17. The first kappa shape index (κ1) is 20.5. The molecule has 134 valence electrons. The Morgan fingerprint density at radius 3 is 2.16 bits per heavy atom. The number of carboxylic acid groups (broad SMARTS) is 2. The summed E-state index contributed by atoms with van der Waals surface area (Å²) in [7, 11) is 0. The van der Waals surface area contributed by atoms with Gasteiger partial charge in [-0.05, 0) is 25.1 Å². The van der Waals surface area contributed by atoms with Gasteiger partial charge in [0.15, 0.2) is 0 Å². The summed E-state index contributed by atoms with van der Waals surface area (Å²) in [5.41, 5.74) is 0. The molecule has 0 atom stereocenters. The monoisotopic (exact) mass is 386 g/mol. The zero-order valence-corrected chi connectivity index (χ0v) is 14.7. The van der Waals surface area contributed by atoms with Gasteiger partial charge >= 0.3 is 11.9 Å². The van der Waals surface area contributed by atoms with Gasteiger partial charge in [-0.15, -0.1) is 0 Å². The lowest BCUT2D eigenvalue weighted by Gasteiger charge is -2.08. The number of hydrogen-bond acceptors (Lipinski definition) is 4. The molecule has 0 bridgehead atoms. The first-order valence-electron chi connectivity index (χ1n) is 6.98. The predicted octanol–water partition coefficient (Wildman–Crippen LogP) is 3.29. The van der Waals surface area contributed by atoms with Crippen LogP contribution in [0, 0.1) is 6.92 Å². The van der Waals surface area contributed by atoms with Crippen molar-refractivity contribution in [2.45, 2.75) is 13.5 Å². The lowest BCUT2D eigenvalue weighted by molar-refractivity contribution is -0.134. The molecular weight excluding hydrogens is 371 g/mol. The number of aliphatic carboxylic acids is 2. The van der Waals surface area contributed by atoms with Crippen LogP contribution in [0.15, 0.2) is 42.7 Å². The van der Waals surface area contributed by atoms with Crippen molar-refractivity contribution in [2.75, 3.05) is 6.61 Å². The molecule has 0 saturated heterocycles. The lowest BCUT2D eigenvalue weighted by Crippen LogP contribution is -2.08. The van der Waals surface area contributed by atoms with Crippen LogP contribution in [-0.4, -0.2) is 38.3 Å². The second-order valence-corrected chi connectivity index (χ2v) is 5.50. The summed E-state index contributed by atoms with van der Waals surface area (Å²) in [4.78, 5) is 23.2. The molecule has 2 N–H and O–H groups in total. The van der Waals surface area contributed by atoms with E-state index in [-0.39, 0.29) is 0 Å². The van der Waals surface area contributed by atoms with Crippen LogP contribution < -0.4 is 4.74 Å². The van der Waals surface area contributed by atoms with E-state index >= 15 is 0 Å². The van der Waals surface area contributed by atoms with Crippen molar-refractivity contribution >= 4 is 35.1 Å². The molecule has 2 rings (SSSR count). The molecule has 0 saturated carbocycles. The van der Waals surface area contributed by atoms with Crippen molar-refractivity contribution < 1.29 is 24.5 Å². The standard InChI is InChI=1S/C12H12Cl2N2O.C4H4O4/c1-9-15-2-3-16(9)4-5-17-12-7-10(13)6-11(14)8-12;5-3(6)1-2-4(7)8/h2-3,6-8H,4-5H2,1H3;1-2H,(H,5,6)(H,7,8)/b;2-1-. The highest BCUT2D eigenvalue weighted by atomic mass is 35.5. The van der Waals surface area contributed by atoms with Gasteiger partial charge in [0, 0.05) is 34.6 Å². The van der Waals surface area contributed by atoms with Gasteiger partial charge in [-0.2, -0.15) is 0 Å². The number of aromatic nitrogens is 2.